The predicted molar refractivity (Wildman–Crippen MR) is 216 cm³/mol. The first-order chi connectivity index (χ1) is 26.6. The van der Waals surface area contributed by atoms with Crippen LogP contribution in [0.2, 0.25) is 0 Å². The molecule has 310 valence electrons. The molecular formula is C43H57F3N6O5. The number of carbonyl (C=O) groups excluding carboxylic acids is 4. The summed E-state index contributed by atoms with van der Waals surface area (Å²) in [6.07, 6.45) is -3.46. The lowest BCUT2D eigenvalue weighted by Gasteiger charge is -2.38. The monoisotopic (exact) mass is 794 g/mol. The number of likely N-dealkylation sites (tertiary alicyclic amines) is 1. The zero-order valence-electron chi connectivity index (χ0n) is 33.9. The molecule has 4 amide bonds. The van der Waals surface area contributed by atoms with Gasteiger partial charge in [-0.1, -0.05) is 52.0 Å². The Morgan fingerprint density at radius 2 is 1.18 bits per heavy atom. The van der Waals surface area contributed by atoms with E-state index >= 15 is 0 Å². The second-order valence-electron chi connectivity index (χ2n) is 16.4. The lowest BCUT2D eigenvalue weighted by molar-refractivity contribution is -0.137. The molecule has 0 radical (unpaired) electrons. The lowest BCUT2D eigenvalue weighted by atomic mass is 9.87. The first-order valence-corrected chi connectivity index (χ1v) is 19.4. The molecule has 57 heavy (non-hydrogen) atoms. The molecule has 14 heteroatoms. The Hall–Kier alpha value is -4.95. The number of carbonyl (C=O) groups is 4. The third-order valence-electron chi connectivity index (χ3n) is 10.2. The van der Waals surface area contributed by atoms with E-state index in [1.807, 2.05) is 48.5 Å². The molecule has 0 unspecified atom stereocenters. The number of nitrogens with zero attached hydrogens (tertiary/aromatic N) is 1. The molecule has 0 saturated carbocycles. The van der Waals surface area contributed by atoms with Gasteiger partial charge >= 0.3 is 12.3 Å². The van der Waals surface area contributed by atoms with Crippen LogP contribution >= 0.6 is 0 Å². The Bertz CT molecular complexity index is 1830. The number of alkyl halides is 3. The number of hydrogen-bond acceptors (Lipinski definition) is 7. The van der Waals surface area contributed by atoms with Crippen LogP contribution in [0.15, 0.2) is 72.8 Å². The second kappa shape index (κ2) is 18.5. The van der Waals surface area contributed by atoms with Crippen LogP contribution in [-0.4, -0.2) is 71.6 Å². The van der Waals surface area contributed by atoms with Crippen LogP contribution in [0.1, 0.15) is 113 Å². The molecule has 0 aromatic heterocycles. The number of halogens is 3. The molecular weight excluding hydrogens is 738 g/mol. The van der Waals surface area contributed by atoms with Crippen molar-refractivity contribution in [2.24, 2.45) is 5.73 Å². The summed E-state index contributed by atoms with van der Waals surface area (Å²) in [6.45, 7) is 15.7. The zero-order valence-corrected chi connectivity index (χ0v) is 33.9. The Labute approximate surface area is 333 Å². The van der Waals surface area contributed by atoms with Gasteiger partial charge in [-0.3, -0.25) is 14.4 Å². The van der Waals surface area contributed by atoms with Crippen LogP contribution in [0.4, 0.5) is 29.3 Å². The van der Waals surface area contributed by atoms with Crippen LogP contribution in [0, 0.1) is 0 Å². The molecule has 2 fully saturated rings. The number of alkyl carbamates (subject to hydrolysis) is 1. The number of benzene rings is 3. The molecule has 0 bridgehead atoms. The van der Waals surface area contributed by atoms with E-state index in [-0.39, 0.29) is 49.2 Å². The van der Waals surface area contributed by atoms with Gasteiger partial charge in [-0.15, -0.1) is 0 Å². The van der Waals surface area contributed by atoms with Gasteiger partial charge in [0.1, 0.15) is 11.1 Å². The van der Waals surface area contributed by atoms with Crippen molar-refractivity contribution < 1.29 is 37.1 Å². The van der Waals surface area contributed by atoms with E-state index in [0.29, 0.717) is 43.5 Å². The standard InChI is InChI=1S/C23H26F3N3O2.C20H31N3O3/c1-15(2)16-5-9-19(10-6-16)28-21(31)22(27)11-13-29(14-12-22)20(30)17-3-7-18(8-4-17)23(24,25)26;1-14(2)15-6-8-16(9-7-15)22-17(24)20(10-12-21-13-11-20)23-18(25)26-19(3,4)5/h3-10,15H,11-14,27H2,1-2H3,(H,28,31);6-9,14,21H,10-13H2,1-5H3,(H,22,24)(H,23,25). The van der Waals surface area contributed by atoms with Crippen LogP contribution < -0.4 is 27.0 Å². The number of rotatable bonds is 8. The number of nitrogens with one attached hydrogen (secondary N) is 4. The molecule has 3 aromatic rings. The molecule has 0 atom stereocenters. The fourth-order valence-electron chi connectivity index (χ4n) is 6.49. The molecule has 2 saturated heterocycles. The summed E-state index contributed by atoms with van der Waals surface area (Å²) in [5.41, 5.74) is 6.75. The van der Waals surface area contributed by atoms with E-state index in [4.69, 9.17) is 10.5 Å². The van der Waals surface area contributed by atoms with Crippen molar-refractivity contribution in [1.29, 1.82) is 0 Å². The minimum atomic E-state index is -4.45. The van der Waals surface area contributed by atoms with Crippen molar-refractivity contribution in [2.75, 3.05) is 36.8 Å². The number of amides is 4. The molecule has 2 heterocycles. The summed E-state index contributed by atoms with van der Waals surface area (Å²) in [5, 5.41) is 11.8. The van der Waals surface area contributed by atoms with E-state index in [1.54, 1.807) is 20.8 Å². The zero-order chi connectivity index (χ0) is 42.2. The van der Waals surface area contributed by atoms with Gasteiger partial charge in [-0.2, -0.15) is 13.2 Å². The molecule has 3 aromatic carbocycles. The summed E-state index contributed by atoms with van der Waals surface area (Å²) < 4.78 is 43.5. The van der Waals surface area contributed by atoms with Gasteiger partial charge in [-0.25, -0.2) is 4.79 Å². The Morgan fingerprint density at radius 1 is 0.719 bits per heavy atom. The predicted octanol–water partition coefficient (Wildman–Crippen LogP) is 7.80. The first-order valence-electron chi connectivity index (χ1n) is 19.4. The first kappa shape index (κ1) is 44.8. The van der Waals surface area contributed by atoms with E-state index in [0.717, 1.165) is 23.4 Å². The highest BCUT2D eigenvalue weighted by Crippen LogP contribution is 2.30. The number of piperidine rings is 2. The van der Waals surface area contributed by atoms with Crippen LogP contribution in [0.3, 0.4) is 0 Å². The Morgan fingerprint density at radius 3 is 1.60 bits per heavy atom. The van der Waals surface area contributed by atoms with Crippen LogP contribution in [-0.2, 0) is 20.5 Å². The topological polar surface area (TPSA) is 155 Å². The lowest BCUT2D eigenvalue weighted by Crippen LogP contribution is -2.61. The van der Waals surface area contributed by atoms with Gasteiger partial charge in [0.2, 0.25) is 11.8 Å². The molecule has 6 N–H and O–H groups in total. The fraction of sp³-hybridized carbons (Fsp3) is 0.488. The smallest absolute Gasteiger partial charge is 0.416 e. The highest BCUT2D eigenvalue weighted by atomic mass is 19.4. The summed E-state index contributed by atoms with van der Waals surface area (Å²) in [4.78, 5) is 52.2. The molecule has 0 spiro atoms. The average molecular weight is 795 g/mol. The van der Waals surface area contributed by atoms with Crippen LogP contribution in [0.25, 0.3) is 0 Å². The normalized spacial score (nSPS) is 16.5. The number of anilines is 2. The van der Waals surface area contributed by atoms with E-state index in [1.165, 1.54) is 22.6 Å². The quantitative estimate of drug-likeness (QED) is 0.156. The van der Waals surface area contributed by atoms with E-state index in [9.17, 15) is 32.3 Å². The van der Waals surface area contributed by atoms with Gasteiger partial charge in [0.15, 0.2) is 0 Å². The molecule has 0 aliphatic carbocycles. The van der Waals surface area contributed by atoms with Gasteiger partial charge in [0.05, 0.1) is 11.1 Å². The summed E-state index contributed by atoms with van der Waals surface area (Å²) >= 11 is 0. The van der Waals surface area contributed by atoms with Crippen molar-refractivity contribution in [2.45, 2.75) is 109 Å². The van der Waals surface area contributed by atoms with E-state index in [2.05, 4.69) is 49.0 Å². The largest absolute Gasteiger partial charge is 0.444 e. The highest BCUT2D eigenvalue weighted by molar-refractivity contribution is 6.00. The van der Waals surface area contributed by atoms with Crippen molar-refractivity contribution in [3.63, 3.8) is 0 Å². The van der Waals surface area contributed by atoms with E-state index < -0.39 is 34.5 Å². The minimum Gasteiger partial charge on any atom is -0.444 e. The maximum absolute atomic E-state index is 13.0. The fourth-order valence-corrected chi connectivity index (χ4v) is 6.49. The SMILES string of the molecule is CC(C)c1ccc(NC(=O)C2(N)CCN(C(=O)c3ccc(C(F)(F)F)cc3)CC2)cc1.CC(C)c1ccc(NC(=O)C2(NC(=O)OC(C)(C)C)CCNCC2)cc1. The Kier molecular flexibility index (Phi) is 14.6. The summed E-state index contributed by atoms with van der Waals surface area (Å²) in [6, 6.07) is 19.5. The highest BCUT2D eigenvalue weighted by Gasteiger charge is 2.42. The van der Waals surface area contributed by atoms with Gasteiger partial charge in [-0.05, 0) is 131 Å². The maximum atomic E-state index is 13.0. The maximum Gasteiger partial charge on any atom is 0.416 e. The van der Waals surface area contributed by atoms with Gasteiger partial charge in [0, 0.05) is 30.0 Å². The Balaban J connectivity index is 0.000000257. The second-order valence-corrected chi connectivity index (χ2v) is 16.4. The summed E-state index contributed by atoms with van der Waals surface area (Å²) in [5.74, 6) is -0.0736. The van der Waals surface area contributed by atoms with Crippen molar-refractivity contribution in [1.82, 2.24) is 15.5 Å². The average Bonchev–Trinajstić information content (AvgIpc) is 3.15. The number of ether oxygens (including phenoxy) is 1. The summed E-state index contributed by atoms with van der Waals surface area (Å²) in [7, 11) is 0. The minimum absolute atomic E-state index is 0.173. The number of hydrogen-bond donors (Lipinski definition) is 5. The number of nitrogens with two attached hydrogens (primary N) is 1. The third kappa shape index (κ3) is 12.5. The molecule has 2 aliphatic rings. The van der Waals surface area contributed by atoms with Crippen LogP contribution in [0.5, 0.6) is 0 Å². The van der Waals surface area contributed by atoms with Crippen molar-refractivity contribution in [3.8, 4) is 0 Å². The van der Waals surface area contributed by atoms with Gasteiger partial charge in [0.25, 0.3) is 5.91 Å². The third-order valence-corrected chi connectivity index (χ3v) is 10.2. The molecule has 5 rings (SSSR count). The van der Waals surface area contributed by atoms with Gasteiger partial charge < -0.3 is 36.6 Å². The van der Waals surface area contributed by atoms with Crippen molar-refractivity contribution in [3.05, 3.63) is 95.1 Å². The molecule has 11 nitrogen and oxygen atoms in total. The molecule has 2 aliphatic heterocycles. The van der Waals surface area contributed by atoms with Crippen molar-refractivity contribution >= 4 is 35.2 Å².